The first-order chi connectivity index (χ1) is 7.66. The van der Waals surface area contributed by atoms with E-state index in [0.29, 0.717) is 0 Å². The summed E-state index contributed by atoms with van der Waals surface area (Å²) in [6.45, 7) is 1.78. The smallest absolute Gasteiger partial charge is 0.361 e. The summed E-state index contributed by atoms with van der Waals surface area (Å²) >= 11 is 0. The molecular formula is C11H9FN2O2. The molecule has 0 bridgehead atoms. The summed E-state index contributed by atoms with van der Waals surface area (Å²) in [5.74, 6) is -1.32. The Balaban J connectivity index is 2.21. The van der Waals surface area contributed by atoms with Gasteiger partial charge >= 0.3 is 5.97 Å². The van der Waals surface area contributed by atoms with Gasteiger partial charge in [0, 0.05) is 6.20 Å². The van der Waals surface area contributed by atoms with Crippen LogP contribution in [-0.4, -0.2) is 16.2 Å². The first-order valence-electron chi connectivity index (χ1n) is 4.64. The number of hydrogen-bond donors (Lipinski definition) is 1. The number of aryl methyl sites for hydroxylation is 1. The molecule has 1 aromatic carbocycles. The number of hydrogen-bond acceptors (Lipinski definition) is 3. The minimum absolute atomic E-state index is 0.0837. The largest absolute Gasteiger partial charge is 0.419 e. The van der Waals surface area contributed by atoms with Crippen LogP contribution in [0, 0.1) is 12.7 Å². The highest BCUT2D eigenvalue weighted by Crippen LogP contribution is 2.19. The number of carbonyl (C=O) groups excluding carboxylic acids is 1. The Bertz CT molecular complexity index is 509. The highest BCUT2D eigenvalue weighted by atomic mass is 19.1. The second kappa shape index (κ2) is 4.14. The van der Waals surface area contributed by atoms with Gasteiger partial charge in [0.05, 0.1) is 0 Å². The highest BCUT2D eigenvalue weighted by Gasteiger charge is 2.12. The van der Waals surface area contributed by atoms with E-state index in [0.717, 1.165) is 5.56 Å². The summed E-state index contributed by atoms with van der Waals surface area (Å²) in [7, 11) is 0. The number of halogens is 1. The fraction of sp³-hybridized carbons (Fsp3) is 0.0909. The lowest BCUT2D eigenvalue weighted by Gasteiger charge is -2.04. The molecule has 0 spiro atoms. The lowest BCUT2D eigenvalue weighted by molar-refractivity contribution is 0.0721. The number of benzene rings is 1. The van der Waals surface area contributed by atoms with Gasteiger partial charge in [-0.2, -0.15) is 5.10 Å². The van der Waals surface area contributed by atoms with E-state index in [1.165, 1.54) is 24.4 Å². The van der Waals surface area contributed by atoms with Gasteiger partial charge in [0.2, 0.25) is 0 Å². The molecule has 0 fully saturated rings. The number of H-pyrrole nitrogens is 1. The van der Waals surface area contributed by atoms with Crippen molar-refractivity contribution in [3.05, 3.63) is 47.5 Å². The average molecular weight is 220 g/mol. The van der Waals surface area contributed by atoms with Crippen LogP contribution >= 0.6 is 0 Å². The second-order valence-electron chi connectivity index (χ2n) is 3.29. The molecule has 0 aliphatic carbocycles. The zero-order valence-corrected chi connectivity index (χ0v) is 8.53. The van der Waals surface area contributed by atoms with Gasteiger partial charge in [0.25, 0.3) is 0 Å². The van der Waals surface area contributed by atoms with Crippen molar-refractivity contribution in [2.24, 2.45) is 0 Å². The van der Waals surface area contributed by atoms with Crippen LogP contribution in [-0.2, 0) is 0 Å². The molecule has 1 heterocycles. The third-order valence-electron chi connectivity index (χ3n) is 2.01. The number of nitrogens with one attached hydrogen (secondary N) is 1. The van der Waals surface area contributed by atoms with E-state index in [2.05, 4.69) is 10.2 Å². The van der Waals surface area contributed by atoms with Gasteiger partial charge < -0.3 is 4.74 Å². The molecule has 0 radical (unpaired) electrons. The Kier molecular flexibility index (Phi) is 2.68. The predicted molar refractivity (Wildman–Crippen MR) is 54.7 cm³/mol. The molecule has 1 aromatic heterocycles. The van der Waals surface area contributed by atoms with Gasteiger partial charge in [-0.15, -0.1) is 0 Å². The Hall–Kier alpha value is -2.17. The summed E-state index contributed by atoms with van der Waals surface area (Å²) in [5, 5.41) is 6.05. The van der Waals surface area contributed by atoms with Crippen LogP contribution in [0.2, 0.25) is 0 Å². The number of aromatic amines is 1. The van der Waals surface area contributed by atoms with Crippen LogP contribution in [0.1, 0.15) is 16.1 Å². The molecule has 1 N–H and O–H groups in total. The SMILES string of the molecule is Cc1ccc(F)c(OC(=O)c2ccn[nH]2)c1. The molecule has 2 rings (SSSR count). The highest BCUT2D eigenvalue weighted by molar-refractivity contribution is 5.88. The quantitative estimate of drug-likeness (QED) is 0.622. The van der Waals surface area contributed by atoms with Crippen LogP contribution in [0.5, 0.6) is 5.75 Å². The van der Waals surface area contributed by atoms with Gasteiger partial charge in [-0.25, -0.2) is 9.18 Å². The fourth-order valence-corrected chi connectivity index (χ4v) is 1.21. The molecule has 0 amide bonds. The minimum atomic E-state index is -0.665. The van der Waals surface area contributed by atoms with Crippen molar-refractivity contribution in [1.29, 1.82) is 0 Å². The van der Waals surface area contributed by atoms with Crippen molar-refractivity contribution in [3.63, 3.8) is 0 Å². The van der Waals surface area contributed by atoms with E-state index < -0.39 is 11.8 Å². The molecule has 82 valence electrons. The van der Waals surface area contributed by atoms with Crippen LogP contribution in [0.25, 0.3) is 0 Å². The first kappa shape index (κ1) is 10.4. The molecular weight excluding hydrogens is 211 g/mol. The Morgan fingerprint density at radius 3 is 2.94 bits per heavy atom. The Labute approximate surface area is 91.1 Å². The van der Waals surface area contributed by atoms with Gasteiger partial charge in [0.1, 0.15) is 5.69 Å². The Morgan fingerprint density at radius 2 is 2.25 bits per heavy atom. The van der Waals surface area contributed by atoms with Crippen LogP contribution in [0.4, 0.5) is 4.39 Å². The van der Waals surface area contributed by atoms with Gasteiger partial charge in [-0.3, -0.25) is 5.10 Å². The summed E-state index contributed by atoms with van der Waals surface area (Å²) in [6, 6.07) is 5.77. The number of rotatable bonds is 2. The van der Waals surface area contributed by atoms with Crippen molar-refractivity contribution >= 4 is 5.97 Å². The maximum atomic E-state index is 13.3. The predicted octanol–water partition coefficient (Wildman–Crippen LogP) is 2.08. The van der Waals surface area contributed by atoms with E-state index in [-0.39, 0.29) is 11.4 Å². The number of carbonyl (C=O) groups is 1. The topological polar surface area (TPSA) is 55.0 Å². The van der Waals surface area contributed by atoms with E-state index in [1.807, 2.05) is 0 Å². The minimum Gasteiger partial charge on any atom is -0.419 e. The lowest BCUT2D eigenvalue weighted by Crippen LogP contribution is -2.10. The number of nitrogens with zero attached hydrogens (tertiary/aromatic N) is 1. The molecule has 0 aliphatic rings. The van der Waals surface area contributed by atoms with Crippen molar-refractivity contribution in [3.8, 4) is 5.75 Å². The first-order valence-corrected chi connectivity index (χ1v) is 4.64. The third-order valence-corrected chi connectivity index (χ3v) is 2.01. The van der Waals surface area contributed by atoms with Gasteiger partial charge in [0.15, 0.2) is 11.6 Å². The third kappa shape index (κ3) is 2.08. The molecule has 5 heteroatoms. The maximum Gasteiger partial charge on any atom is 0.361 e. The van der Waals surface area contributed by atoms with E-state index in [1.54, 1.807) is 13.0 Å². The van der Waals surface area contributed by atoms with Crippen molar-refractivity contribution in [2.75, 3.05) is 0 Å². The standard InChI is InChI=1S/C11H9FN2O2/c1-7-2-3-8(12)10(6-7)16-11(15)9-4-5-13-14-9/h2-6H,1H3,(H,13,14). The van der Waals surface area contributed by atoms with E-state index in [9.17, 15) is 9.18 Å². The molecule has 0 aliphatic heterocycles. The van der Waals surface area contributed by atoms with Crippen molar-refractivity contribution in [2.45, 2.75) is 6.92 Å². The molecule has 0 unspecified atom stereocenters. The second-order valence-corrected chi connectivity index (χ2v) is 3.29. The number of ether oxygens (including phenoxy) is 1. The molecule has 0 atom stereocenters. The molecule has 0 saturated carbocycles. The average Bonchev–Trinajstić information content (AvgIpc) is 2.76. The summed E-state index contributed by atoms with van der Waals surface area (Å²) in [4.78, 5) is 11.5. The van der Waals surface area contributed by atoms with Crippen LogP contribution < -0.4 is 4.74 Å². The zero-order valence-electron chi connectivity index (χ0n) is 8.53. The number of esters is 1. The monoisotopic (exact) mass is 220 g/mol. The van der Waals surface area contributed by atoms with E-state index >= 15 is 0 Å². The Morgan fingerprint density at radius 1 is 1.44 bits per heavy atom. The molecule has 2 aromatic rings. The molecule has 4 nitrogen and oxygen atoms in total. The molecule has 0 saturated heterocycles. The fourth-order valence-electron chi connectivity index (χ4n) is 1.21. The summed E-state index contributed by atoms with van der Waals surface area (Å²) in [6.07, 6.45) is 1.42. The molecule has 16 heavy (non-hydrogen) atoms. The van der Waals surface area contributed by atoms with Crippen LogP contribution in [0.15, 0.2) is 30.5 Å². The maximum absolute atomic E-state index is 13.3. The zero-order chi connectivity index (χ0) is 11.5. The van der Waals surface area contributed by atoms with Crippen molar-refractivity contribution in [1.82, 2.24) is 10.2 Å². The van der Waals surface area contributed by atoms with Gasteiger partial charge in [-0.1, -0.05) is 6.07 Å². The summed E-state index contributed by atoms with van der Waals surface area (Å²) in [5.41, 5.74) is 0.995. The van der Waals surface area contributed by atoms with Gasteiger partial charge in [-0.05, 0) is 30.7 Å². The van der Waals surface area contributed by atoms with E-state index in [4.69, 9.17) is 4.74 Å². The number of aromatic nitrogens is 2. The normalized spacial score (nSPS) is 10.1. The lowest BCUT2D eigenvalue weighted by atomic mass is 10.2. The van der Waals surface area contributed by atoms with Crippen LogP contribution in [0.3, 0.4) is 0 Å². The van der Waals surface area contributed by atoms with Crippen molar-refractivity contribution < 1.29 is 13.9 Å². The summed E-state index contributed by atoms with van der Waals surface area (Å²) < 4.78 is 18.2.